The molecule has 0 bridgehead atoms. The Kier molecular flexibility index (Phi) is 6.99. The maximum atomic E-state index is 12.4. The highest BCUT2D eigenvalue weighted by Gasteiger charge is 2.20. The van der Waals surface area contributed by atoms with Crippen LogP contribution < -0.4 is 14.2 Å². The Labute approximate surface area is 157 Å². The predicted molar refractivity (Wildman–Crippen MR) is 96.3 cm³/mol. The fourth-order valence-electron chi connectivity index (χ4n) is 2.45. The second-order valence-electron chi connectivity index (χ2n) is 5.59. The van der Waals surface area contributed by atoms with Crippen LogP contribution in [0, 0.1) is 5.21 Å². The normalized spacial score (nSPS) is 10.2. The Hall–Kier alpha value is -3.29. The minimum Gasteiger partial charge on any atom is -0.618 e. The van der Waals surface area contributed by atoms with Gasteiger partial charge in [0.2, 0.25) is 0 Å². The van der Waals surface area contributed by atoms with E-state index in [-0.39, 0.29) is 11.6 Å². The van der Waals surface area contributed by atoms with Crippen LogP contribution in [-0.2, 0) is 16.1 Å². The number of likely N-dealkylation sites (N-methyl/N-ethyl adjacent to an activating group) is 1. The molecule has 0 aliphatic heterocycles. The van der Waals surface area contributed by atoms with Gasteiger partial charge in [-0.2, -0.15) is 4.73 Å². The van der Waals surface area contributed by atoms with Gasteiger partial charge >= 0.3 is 11.7 Å². The molecule has 0 unspecified atom stereocenters. The summed E-state index contributed by atoms with van der Waals surface area (Å²) in [4.78, 5) is 25.9. The monoisotopic (exact) mass is 374 g/mol. The molecule has 0 atom stereocenters. The van der Waals surface area contributed by atoms with Gasteiger partial charge in [0, 0.05) is 25.2 Å². The average Bonchev–Trinajstić information content (AvgIpc) is 2.70. The summed E-state index contributed by atoms with van der Waals surface area (Å²) in [7, 11) is 3.09. The van der Waals surface area contributed by atoms with E-state index in [4.69, 9.17) is 14.2 Å². The van der Waals surface area contributed by atoms with Crippen LogP contribution in [0.25, 0.3) is 0 Å². The lowest BCUT2D eigenvalue weighted by Gasteiger charge is -2.21. The SMILES string of the molecule is CCN(Cc1ccc(OC)c(OC)c1)C(=O)COC(=O)c1cccc[n+]1[O-]. The number of ether oxygens (including phenoxy) is 3. The molecule has 0 fully saturated rings. The van der Waals surface area contributed by atoms with E-state index in [1.54, 1.807) is 25.3 Å². The van der Waals surface area contributed by atoms with Crippen LogP contribution in [0.2, 0.25) is 0 Å². The van der Waals surface area contributed by atoms with Crippen molar-refractivity contribution in [2.45, 2.75) is 13.5 Å². The van der Waals surface area contributed by atoms with Crippen LogP contribution in [0.4, 0.5) is 0 Å². The maximum Gasteiger partial charge on any atom is 0.405 e. The van der Waals surface area contributed by atoms with E-state index < -0.39 is 12.6 Å². The highest BCUT2D eigenvalue weighted by Crippen LogP contribution is 2.28. The number of benzene rings is 1. The third kappa shape index (κ3) is 5.10. The van der Waals surface area contributed by atoms with Gasteiger partial charge in [-0.25, -0.2) is 4.79 Å². The number of amides is 1. The highest BCUT2D eigenvalue weighted by atomic mass is 16.5. The van der Waals surface area contributed by atoms with Gasteiger partial charge in [-0.15, -0.1) is 0 Å². The van der Waals surface area contributed by atoms with Gasteiger partial charge in [0.15, 0.2) is 24.3 Å². The van der Waals surface area contributed by atoms with Gasteiger partial charge in [0.25, 0.3) is 5.91 Å². The van der Waals surface area contributed by atoms with Crippen LogP contribution in [0.15, 0.2) is 42.6 Å². The molecule has 144 valence electrons. The predicted octanol–water partition coefficient (Wildman–Crippen LogP) is 1.54. The Balaban J connectivity index is 1.99. The first kappa shape index (κ1) is 20.0. The molecule has 0 saturated heterocycles. The maximum absolute atomic E-state index is 12.4. The van der Waals surface area contributed by atoms with Crippen LogP contribution in [0.5, 0.6) is 11.5 Å². The zero-order chi connectivity index (χ0) is 19.8. The lowest BCUT2D eigenvalue weighted by atomic mass is 10.2. The van der Waals surface area contributed by atoms with E-state index in [0.29, 0.717) is 29.3 Å². The van der Waals surface area contributed by atoms with Crippen molar-refractivity contribution in [1.82, 2.24) is 4.90 Å². The standard InChI is InChI=1S/C19H22N2O6/c1-4-20(12-14-8-9-16(25-2)17(11-14)26-3)18(22)13-27-19(23)15-7-5-6-10-21(15)24/h5-11H,4,12-13H2,1-3H3. The van der Waals surface area contributed by atoms with Crippen LogP contribution >= 0.6 is 0 Å². The number of hydrogen-bond acceptors (Lipinski definition) is 6. The molecular formula is C19H22N2O6. The topological polar surface area (TPSA) is 92.0 Å². The Morgan fingerprint density at radius 2 is 1.85 bits per heavy atom. The molecule has 1 heterocycles. The molecule has 0 aliphatic rings. The summed E-state index contributed by atoms with van der Waals surface area (Å²) >= 11 is 0. The zero-order valence-electron chi connectivity index (χ0n) is 15.5. The largest absolute Gasteiger partial charge is 0.618 e. The molecule has 0 N–H and O–H groups in total. The van der Waals surface area contributed by atoms with Crippen molar-refractivity contribution < 1.29 is 28.5 Å². The van der Waals surface area contributed by atoms with Gasteiger partial charge in [-0.1, -0.05) is 6.07 Å². The summed E-state index contributed by atoms with van der Waals surface area (Å²) in [6, 6.07) is 9.74. The number of methoxy groups -OCH3 is 2. The number of nitrogens with zero attached hydrogens (tertiary/aromatic N) is 2. The van der Waals surface area contributed by atoms with Crippen molar-refractivity contribution in [3.05, 3.63) is 59.1 Å². The van der Waals surface area contributed by atoms with E-state index in [2.05, 4.69) is 0 Å². The second-order valence-corrected chi connectivity index (χ2v) is 5.59. The van der Waals surface area contributed by atoms with Crippen molar-refractivity contribution in [2.24, 2.45) is 0 Å². The first-order valence-electron chi connectivity index (χ1n) is 8.34. The van der Waals surface area contributed by atoms with Gasteiger partial charge in [0.1, 0.15) is 0 Å². The Bertz CT molecular complexity index is 809. The number of pyridine rings is 1. The Morgan fingerprint density at radius 3 is 2.48 bits per heavy atom. The lowest BCUT2D eigenvalue weighted by Crippen LogP contribution is -2.37. The van der Waals surface area contributed by atoms with E-state index in [0.717, 1.165) is 5.56 Å². The molecule has 1 aromatic heterocycles. The van der Waals surface area contributed by atoms with Crippen LogP contribution in [0.1, 0.15) is 23.0 Å². The fourth-order valence-corrected chi connectivity index (χ4v) is 2.45. The van der Waals surface area contributed by atoms with E-state index in [9.17, 15) is 14.8 Å². The number of hydrogen-bond donors (Lipinski definition) is 0. The number of carbonyl (C=O) groups is 2. The summed E-state index contributed by atoms with van der Waals surface area (Å²) < 4.78 is 15.8. The summed E-state index contributed by atoms with van der Waals surface area (Å²) in [5.41, 5.74) is 0.669. The quantitative estimate of drug-likeness (QED) is 0.395. The highest BCUT2D eigenvalue weighted by molar-refractivity contribution is 5.88. The first-order chi connectivity index (χ1) is 13.0. The molecule has 0 aliphatic carbocycles. The third-order valence-electron chi connectivity index (χ3n) is 3.92. The van der Waals surface area contributed by atoms with Crippen molar-refractivity contribution in [2.75, 3.05) is 27.4 Å². The van der Waals surface area contributed by atoms with E-state index in [1.807, 2.05) is 13.0 Å². The molecule has 8 nitrogen and oxygen atoms in total. The number of aromatic nitrogens is 1. The van der Waals surface area contributed by atoms with Gasteiger partial charge in [-0.3, -0.25) is 4.79 Å². The minimum absolute atomic E-state index is 0.173. The summed E-state index contributed by atoms with van der Waals surface area (Å²) in [6.45, 7) is 2.12. The van der Waals surface area contributed by atoms with E-state index in [1.165, 1.54) is 30.3 Å². The van der Waals surface area contributed by atoms with Crippen molar-refractivity contribution in [3.63, 3.8) is 0 Å². The molecule has 8 heteroatoms. The number of esters is 1. The lowest BCUT2D eigenvalue weighted by molar-refractivity contribution is -0.608. The van der Waals surface area contributed by atoms with Crippen LogP contribution in [-0.4, -0.2) is 44.1 Å². The number of rotatable bonds is 8. The molecule has 0 spiro atoms. The molecule has 1 aromatic carbocycles. The fraction of sp³-hybridized carbons (Fsp3) is 0.316. The minimum atomic E-state index is -0.846. The molecular weight excluding hydrogens is 352 g/mol. The first-order valence-corrected chi connectivity index (χ1v) is 8.34. The molecule has 0 saturated carbocycles. The zero-order valence-corrected chi connectivity index (χ0v) is 15.5. The molecule has 1 amide bonds. The van der Waals surface area contributed by atoms with E-state index >= 15 is 0 Å². The summed E-state index contributed by atoms with van der Waals surface area (Å²) in [5, 5.41) is 11.5. The van der Waals surface area contributed by atoms with Gasteiger partial charge in [0.05, 0.1) is 14.2 Å². The van der Waals surface area contributed by atoms with Gasteiger partial charge in [-0.05, 0) is 30.7 Å². The average molecular weight is 374 g/mol. The molecule has 2 aromatic rings. The second kappa shape index (κ2) is 9.42. The van der Waals surface area contributed by atoms with Crippen LogP contribution in [0.3, 0.4) is 0 Å². The Morgan fingerprint density at radius 1 is 1.11 bits per heavy atom. The third-order valence-corrected chi connectivity index (χ3v) is 3.92. The van der Waals surface area contributed by atoms with Gasteiger partial charge < -0.3 is 24.3 Å². The summed E-state index contributed by atoms with van der Waals surface area (Å²) in [5.74, 6) is -0.0533. The smallest absolute Gasteiger partial charge is 0.405 e. The molecule has 0 radical (unpaired) electrons. The molecule has 27 heavy (non-hydrogen) atoms. The summed E-state index contributed by atoms with van der Waals surface area (Å²) in [6.07, 6.45) is 1.19. The van der Waals surface area contributed by atoms with Crippen molar-refractivity contribution >= 4 is 11.9 Å². The van der Waals surface area contributed by atoms with Crippen molar-refractivity contribution in [1.29, 1.82) is 0 Å². The van der Waals surface area contributed by atoms with Crippen molar-refractivity contribution in [3.8, 4) is 11.5 Å². The molecule has 2 rings (SSSR count). The number of carbonyl (C=O) groups excluding carboxylic acids is 2.